The van der Waals surface area contributed by atoms with Gasteiger partial charge in [0.15, 0.2) is 5.96 Å². The van der Waals surface area contributed by atoms with Gasteiger partial charge >= 0.3 is 0 Å². The van der Waals surface area contributed by atoms with Crippen molar-refractivity contribution in [1.29, 1.82) is 0 Å². The highest BCUT2D eigenvalue weighted by Gasteiger charge is 2.31. The fraction of sp³-hybridized carbons (Fsp3) is 0.533. The second-order valence-corrected chi connectivity index (χ2v) is 6.47. The molecule has 0 saturated carbocycles. The van der Waals surface area contributed by atoms with Crippen LogP contribution in [0.4, 0.5) is 5.69 Å². The van der Waals surface area contributed by atoms with Gasteiger partial charge in [-0.2, -0.15) is 11.8 Å². The standard InChI is InChI=1S/C15H23N3OS/c1-12-3-5-13(6-4-12)18-14(16)17-11-15(20-2)7-9-19-10-8-15/h3-6H,7-11H2,1-2H3,(H3,16,17,18). The normalized spacial score (nSPS) is 18.8. The Morgan fingerprint density at radius 1 is 1.35 bits per heavy atom. The second kappa shape index (κ2) is 6.99. The first kappa shape index (κ1) is 15.2. The first-order chi connectivity index (χ1) is 9.63. The van der Waals surface area contributed by atoms with Gasteiger partial charge in [0.1, 0.15) is 0 Å². The van der Waals surface area contributed by atoms with Crippen molar-refractivity contribution in [1.82, 2.24) is 0 Å². The van der Waals surface area contributed by atoms with Crippen LogP contribution in [0.2, 0.25) is 0 Å². The van der Waals surface area contributed by atoms with Crippen molar-refractivity contribution in [3.05, 3.63) is 29.8 Å². The topological polar surface area (TPSA) is 59.6 Å². The van der Waals surface area contributed by atoms with Crippen molar-refractivity contribution in [2.45, 2.75) is 24.5 Å². The maximum absolute atomic E-state index is 5.97. The van der Waals surface area contributed by atoms with Gasteiger partial charge in [-0.3, -0.25) is 4.99 Å². The number of hydrogen-bond donors (Lipinski definition) is 2. The molecule has 4 nitrogen and oxygen atoms in total. The molecule has 110 valence electrons. The molecule has 0 atom stereocenters. The summed E-state index contributed by atoms with van der Waals surface area (Å²) >= 11 is 1.87. The highest BCUT2D eigenvalue weighted by molar-refractivity contribution is 8.00. The third kappa shape index (κ3) is 4.15. The number of nitrogens with one attached hydrogen (secondary N) is 1. The second-order valence-electron chi connectivity index (χ2n) is 5.19. The molecule has 0 aromatic heterocycles. The summed E-state index contributed by atoms with van der Waals surface area (Å²) in [5.41, 5.74) is 8.18. The first-order valence-corrected chi connectivity index (χ1v) is 8.13. The van der Waals surface area contributed by atoms with Crippen LogP contribution in [0.15, 0.2) is 29.3 Å². The predicted octanol–water partition coefficient (Wildman–Crippen LogP) is 2.63. The number of nitrogens with zero attached hydrogens (tertiary/aromatic N) is 1. The smallest absolute Gasteiger partial charge is 0.193 e. The van der Waals surface area contributed by atoms with Crippen molar-refractivity contribution in [3.63, 3.8) is 0 Å². The molecular formula is C15H23N3OS. The molecule has 3 N–H and O–H groups in total. The van der Waals surface area contributed by atoms with Gasteiger partial charge in [0.25, 0.3) is 0 Å². The van der Waals surface area contributed by atoms with Crippen LogP contribution in [0.3, 0.4) is 0 Å². The number of benzene rings is 1. The van der Waals surface area contributed by atoms with Crippen LogP contribution < -0.4 is 11.1 Å². The van der Waals surface area contributed by atoms with Crippen LogP contribution in [0.25, 0.3) is 0 Å². The Balaban J connectivity index is 1.94. The number of ether oxygens (including phenoxy) is 1. The van der Waals surface area contributed by atoms with E-state index in [2.05, 4.69) is 35.6 Å². The number of aliphatic imine (C=N–C) groups is 1. The SMILES string of the molecule is CSC1(CN=C(N)Nc2ccc(C)cc2)CCOCC1. The van der Waals surface area contributed by atoms with Gasteiger partial charge < -0.3 is 15.8 Å². The summed E-state index contributed by atoms with van der Waals surface area (Å²) in [7, 11) is 0. The lowest BCUT2D eigenvalue weighted by Crippen LogP contribution is -2.37. The van der Waals surface area contributed by atoms with E-state index in [0.29, 0.717) is 5.96 Å². The van der Waals surface area contributed by atoms with E-state index >= 15 is 0 Å². The fourth-order valence-electron chi connectivity index (χ4n) is 2.22. The minimum absolute atomic E-state index is 0.178. The molecule has 0 unspecified atom stereocenters. The van der Waals surface area contributed by atoms with Crippen LogP contribution in [-0.4, -0.2) is 36.7 Å². The molecule has 1 aliphatic rings. The van der Waals surface area contributed by atoms with Crippen molar-refractivity contribution < 1.29 is 4.74 Å². The molecular weight excluding hydrogens is 270 g/mol. The van der Waals surface area contributed by atoms with E-state index in [-0.39, 0.29) is 4.75 Å². The maximum atomic E-state index is 5.97. The fourth-order valence-corrected chi connectivity index (χ4v) is 2.99. The minimum Gasteiger partial charge on any atom is -0.381 e. The van der Waals surface area contributed by atoms with Crippen molar-refractivity contribution >= 4 is 23.4 Å². The van der Waals surface area contributed by atoms with Gasteiger partial charge in [-0.05, 0) is 38.2 Å². The molecule has 0 spiro atoms. The van der Waals surface area contributed by atoms with Gasteiger partial charge in [0.2, 0.25) is 0 Å². The number of hydrogen-bond acceptors (Lipinski definition) is 3. The van der Waals surface area contributed by atoms with E-state index < -0.39 is 0 Å². The van der Waals surface area contributed by atoms with Gasteiger partial charge in [-0.1, -0.05) is 17.7 Å². The predicted molar refractivity (Wildman–Crippen MR) is 87.6 cm³/mol. The van der Waals surface area contributed by atoms with Crippen molar-refractivity contribution in [2.75, 3.05) is 31.3 Å². The molecule has 1 aromatic carbocycles. The summed E-state index contributed by atoms with van der Waals surface area (Å²) in [6, 6.07) is 8.13. The Morgan fingerprint density at radius 2 is 2.00 bits per heavy atom. The molecule has 1 aliphatic heterocycles. The average Bonchev–Trinajstić information content (AvgIpc) is 2.49. The third-order valence-electron chi connectivity index (χ3n) is 3.70. The van der Waals surface area contributed by atoms with E-state index in [1.54, 1.807) is 0 Å². The largest absolute Gasteiger partial charge is 0.381 e. The summed E-state index contributed by atoms with van der Waals surface area (Å²) in [6.45, 7) is 4.44. The first-order valence-electron chi connectivity index (χ1n) is 6.90. The molecule has 0 amide bonds. The van der Waals surface area contributed by atoms with Crippen LogP contribution >= 0.6 is 11.8 Å². The van der Waals surface area contributed by atoms with Gasteiger partial charge in [0, 0.05) is 23.6 Å². The summed E-state index contributed by atoms with van der Waals surface area (Å²) in [5, 5.41) is 3.14. The molecule has 1 heterocycles. The number of guanidine groups is 1. The molecule has 1 fully saturated rings. The zero-order valence-electron chi connectivity index (χ0n) is 12.2. The Hall–Kier alpha value is -1.20. The Kier molecular flexibility index (Phi) is 5.31. The summed E-state index contributed by atoms with van der Waals surface area (Å²) < 4.78 is 5.61. The monoisotopic (exact) mass is 293 g/mol. The van der Waals surface area contributed by atoms with Crippen LogP contribution in [0.5, 0.6) is 0 Å². The Labute approximate surface area is 125 Å². The number of rotatable bonds is 4. The number of nitrogens with two attached hydrogens (primary N) is 1. The quantitative estimate of drug-likeness (QED) is 0.662. The highest BCUT2D eigenvalue weighted by Crippen LogP contribution is 2.33. The van der Waals surface area contributed by atoms with Gasteiger partial charge in [-0.25, -0.2) is 0 Å². The Morgan fingerprint density at radius 3 is 2.60 bits per heavy atom. The molecule has 5 heteroatoms. The minimum atomic E-state index is 0.178. The zero-order valence-corrected chi connectivity index (χ0v) is 13.0. The van der Waals surface area contributed by atoms with E-state index in [9.17, 15) is 0 Å². The van der Waals surface area contributed by atoms with Crippen LogP contribution in [0.1, 0.15) is 18.4 Å². The van der Waals surface area contributed by atoms with Crippen LogP contribution in [0, 0.1) is 6.92 Å². The third-order valence-corrected chi connectivity index (χ3v) is 5.10. The number of anilines is 1. The molecule has 1 saturated heterocycles. The summed E-state index contributed by atoms with van der Waals surface area (Å²) in [4.78, 5) is 4.52. The Bertz CT molecular complexity index is 453. The van der Waals surface area contributed by atoms with Crippen LogP contribution in [-0.2, 0) is 4.74 Å². The lowest BCUT2D eigenvalue weighted by Gasteiger charge is -2.34. The van der Waals surface area contributed by atoms with Crippen molar-refractivity contribution in [2.24, 2.45) is 10.7 Å². The molecule has 0 radical (unpaired) electrons. The summed E-state index contributed by atoms with van der Waals surface area (Å²) in [6.07, 6.45) is 4.22. The lowest BCUT2D eigenvalue weighted by molar-refractivity contribution is 0.0794. The van der Waals surface area contributed by atoms with E-state index in [1.807, 2.05) is 23.9 Å². The number of thioether (sulfide) groups is 1. The van der Waals surface area contributed by atoms with E-state index in [4.69, 9.17) is 10.5 Å². The molecule has 20 heavy (non-hydrogen) atoms. The average molecular weight is 293 g/mol. The van der Waals surface area contributed by atoms with Crippen molar-refractivity contribution in [3.8, 4) is 0 Å². The van der Waals surface area contributed by atoms with Gasteiger partial charge in [0.05, 0.1) is 6.54 Å². The molecule has 2 rings (SSSR count). The highest BCUT2D eigenvalue weighted by atomic mass is 32.2. The van der Waals surface area contributed by atoms with E-state index in [1.165, 1.54) is 5.56 Å². The molecule has 0 aliphatic carbocycles. The van der Waals surface area contributed by atoms with E-state index in [0.717, 1.165) is 38.3 Å². The maximum Gasteiger partial charge on any atom is 0.193 e. The lowest BCUT2D eigenvalue weighted by atomic mass is 9.99. The molecule has 0 bridgehead atoms. The number of aryl methyl sites for hydroxylation is 1. The zero-order chi connectivity index (χ0) is 14.4. The molecule has 1 aromatic rings. The van der Waals surface area contributed by atoms with Gasteiger partial charge in [-0.15, -0.1) is 0 Å². The summed E-state index contributed by atoms with van der Waals surface area (Å²) in [5.74, 6) is 0.480.